The van der Waals surface area contributed by atoms with E-state index in [0.29, 0.717) is 12.4 Å². The van der Waals surface area contributed by atoms with Gasteiger partial charge in [-0.05, 0) is 19.5 Å². The summed E-state index contributed by atoms with van der Waals surface area (Å²) in [5.41, 5.74) is 0. The fourth-order valence-electron chi connectivity index (χ4n) is 1.81. The van der Waals surface area contributed by atoms with Crippen molar-refractivity contribution in [2.45, 2.75) is 6.42 Å². The summed E-state index contributed by atoms with van der Waals surface area (Å²) >= 11 is 0. The van der Waals surface area contributed by atoms with E-state index in [1.807, 2.05) is 0 Å². The van der Waals surface area contributed by atoms with Crippen LogP contribution in [0.2, 0.25) is 0 Å². The van der Waals surface area contributed by atoms with Crippen molar-refractivity contribution in [1.82, 2.24) is 20.2 Å². The van der Waals surface area contributed by atoms with E-state index < -0.39 is 0 Å². The zero-order chi connectivity index (χ0) is 11.9. The van der Waals surface area contributed by atoms with E-state index in [-0.39, 0.29) is 5.91 Å². The van der Waals surface area contributed by atoms with Gasteiger partial charge in [0.2, 0.25) is 5.91 Å². The first-order valence-electron chi connectivity index (χ1n) is 5.83. The Hall–Kier alpha value is -1.53. The lowest BCUT2D eigenvalue weighted by Crippen LogP contribution is -2.35. The second kappa shape index (κ2) is 6.27. The van der Waals surface area contributed by atoms with Crippen LogP contribution in [0.4, 0.5) is 5.82 Å². The molecular formula is C11H17N5O. The number of rotatable bonds is 3. The predicted molar refractivity (Wildman–Crippen MR) is 64.6 cm³/mol. The van der Waals surface area contributed by atoms with Gasteiger partial charge in [0.05, 0.1) is 12.7 Å². The van der Waals surface area contributed by atoms with Crippen molar-refractivity contribution in [2.24, 2.45) is 0 Å². The van der Waals surface area contributed by atoms with Gasteiger partial charge in [-0.2, -0.15) is 0 Å². The molecule has 0 unspecified atom stereocenters. The summed E-state index contributed by atoms with van der Waals surface area (Å²) in [5.74, 6) is 0.470. The highest BCUT2D eigenvalue weighted by atomic mass is 16.2. The Morgan fingerprint density at radius 3 is 3.18 bits per heavy atom. The molecule has 1 aliphatic rings. The highest BCUT2D eigenvalue weighted by Crippen LogP contribution is 1.99. The minimum Gasteiger partial charge on any atom is -0.315 e. The molecular weight excluding hydrogens is 218 g/mol. The summed E-state index contributed by atoms with van der Waals surface area (Å²) in [6.07, 6.45) is 5.77. The first kappa shape index (κ1) is 11.9. The summed E-state index contributed by atoms with van der Waals surface area (Å²) in [6, 6.07) is 0. The van der Waals surface area contributed by atoms with Gasteiger partial charge in [0.1, 0.15) is 0 Å². The number of anilines is 1. The van der Waals surface area contributed by atoms with Crippen molar-refractivity contribution in [2.75, 3.05) is 38.0 Å². The van der Waals surface area contributed by atoms with E-state index in [2.05, 4.69) is 25.5 Å². The SMILES string of the molecule is O=C(CN1CCCNCC1)Nc1cnccn1. The molecule has 0 aliphatic carbocycles. The number of carbonyl (C=O) groups is 1. The quantitative estimate of drug-likeness (QED) is 0.753. The normalized spacial score (nSPS) is 17.4. The smallest absolute Gasteiger partial charge is 0.239 e. The van der Waals surface area contributed by atoms with Gasteiger partial charge in [0.25, 0.3) is 0 Å². The third-order valence-corrected chi connectivity index (χ3v) is 2.63. The zero-order valence-corrected chi connectivity index (χ0v) is 9.72. The molecule has 6 heteroatoms. The average Bonchev–Trinajstić information content (AvgIpc) is 2.59. The Bertz CT molecular complexity index is 348. The minimum atomic E-state index is -0.0348. The third kappa shape index (κ3) is 4.08. The fourth-order valence-corrected chi connectivity index (χ4v) is 1.81. The number of nitrogens with one attached hydrogen (secondary N) is 2. The van der Waals surface area contributed by atoms with Crippen molar-refractivity contribution >= 4 is 11.7 Å². The lowest BCUT2D eigenvalue weighted by molar-refractivity contribution is -0.117. The maximum absolute atomic E-state index is 11.8. The van der Waals surface area contributed by atoms with E-state index >= 15 is 0 Å². The van der Waals surface area contributed by atoms with Crippen LogP contribution in [0.25, 0.3) is 0 Å². The molecule has 1 saturated heterocycles. The molecule has 0 spiro atoms. The number of amides is 1. The van der Waals surface area contributed by atoms with Crippen LogP contribution in [0, 0.1) is 0 Å². The molecule has 92 valence electrons. The Morgan fingerprint density at radius 1 is 1.41 bits per heavy atom. The van der Waals surface area contributed by atoms with Crippen LogP contribution >= 0.6 is 0 Å². The summed E-state index contributed by atoms with van der Waals surface area (Å²) in [6.45, 7) is 4.26. The van der Waals surface area contributed by atoms with Gasteiger partial charge in [0.15, 0.2) is 5.82 Å². The molecule has 2 heterocycles. The van der Waals surface area contributed by atoms with E-state index in [1.165, 1.54) is 0 Å². The first-order valence-corrected chi connectivity index (χ1v) is 5.83. The predicted octanol–water partition coefficient (Wildman–Crippen LogP) is -0.290. The molecule has 2 rings (SSSR count). The molecule has 1 fully saturated rings. The molecule has 1 aliphatic heterocycles. The van der Waals surface area contributed by atoms with Crippen LogP contribution in [0.15, 0.2) is 18.6 Å². The van der Waals surface area contributed by atoms with Crippen LogP contribution < -0.4 is 10.6 Å². The average molecular weight is 235 g/mol. The van der Waals surface area contributed by atoms with Crippen molar-refractivity contribution in [1.29, 1.82) is 0 Å². The maximum atomic E-state index is 11.8. The molecule has 0 radical (unpaired) electrons. The second-order valence-electron chi connectivity index (χ2n) is 4.02. The molecule has 1 aromatic rings. The van der Waals surface area contributed by atoms with Crippen LogP contribution in [0.1, 0.15) is 6.42 Å². The standard InChI is InChI=1S/C11H17N5O/c17-11(15-10-8-13-3-4-14-10)9-16-6-1-2-12-5-7-16/h3-4,8,12H,1-2,5-7,9H2,(H,14,15,17). The second-order valence-corrected chi connectivity index (χ2v) is 4.02. The fraction of sp³-hybridized carbons (Fsp3) is 0.545. The van der Waals surface area contributed by atoms with Gasteiger partial charge in [-0.3, -0.25) is 14.7 Å². The van der Waals surface area contributed by atoms with Gasteiger partial charge in [-0.15, -0.1) is 0 Å². The Labute approximate surface area is 100 Å². The molecule has 0 bridgehead atoms. The number of hydrogen-bond acceptors (Lipinski definition) is 5. The van der Waals surface area contributed by atoms with Gasteiger partial charge in [-0.25, -0.2) is 4.98 Å². The van der Waals surface area contributed by atoms with Gasteiger partial charge >= 0.3 is 0 Å². The number of carbonyl (C=O) groups excluding carboxylic acids is 1. The Kier molecular flexibility index (Phi) is 4.40. The maximum Gasteiger partial charge on any atom is 0.239 e. The molecule has 1 amide bonds. The molecule has 0 aromatic carbocycles. The number of aromatic nitrogens is 2. The number of hydrogen-bond donors (Lipinski definition) is 2. The summed E-state index contributed by atoms with van der Waals surface area (Å²) in [7, 11) is 0. The van der Waals surface area contributed by atoms with Crippen LogP contribution in [-0.4, -0.2) is 53.5 Å². The lowest BCUT2D eigenvalue weighted by Gasteiger charge is -2.18. The van der Waals surface area contributed by atoms with Crippen LogP contribution in [0.3, 0.4) is 0 Å². The van der Waals surface area contributed by atoms with Gasteiger partial charge in [-0.1, -0.05) is 0 Å². The summed E-state index contributed by atoms with van der Waals surface area (Å²) in [5, 5.41) is 6.04. The van der Waals surface area contributed by atoms with E-state index in [9.17, 15) is 4.79 Å². The molecule has 2 N–H and O–H groups in total. The topological polar surface area (TPSA) is 70.2 Å². The molecule has 0 saturated carbocycles. The van der Waals surface area contributed by atoms with Crippen molar-refractivity contribution in [3.05, 3.63) is 18.6 Å². The van der Waals surface area contributed by atoms with E-state index in [1.54, 1.807) is 18.6 Å². The summed E-state index contributed by atoms with van der Waals surface area (Å²) in [4.78, 5) is 21.8. The zero-order valence-electron chi connectivity index (χ0n) is 9.72. The van der Waals surface area contributed by atoms with Gasteiger partial charge in [0, 0.05) is 25.5 Å². The van der Waals surface area contributed by atoms with Gasteiger partial charge < -0.3 is 10.6 Å². The highest BCUT2D eigenvalue weighted by Gasteiger charge is 2.12. The van der Waals surface area contributed by atoms with Crippen molar-refractivity contribution in [3.63, 3.8) is 0 Å². The van der Waals surface area contributed by atoms with Crippen molar-refractivity contribution < 1.29 is 4.79 Å². The molecule has 6 nitrogen and oxygen atoms in total. The summed E-state index contributed by atoms with van der Waals surface area (Å²) < 4.78 is 0. The van der Waals surface area contributed by atoms with E-state index in [0.717, 1.165) is 32.6 Å². The van der Waals surface area contributed by atoms with E-state index in [4.69, 9.17) is 0 Å². The minimum absolute atomic E-state index is 0.0348. The Morgan fingerprint density at radius 2 is 2.35 bits per heavy atom. The Balaban J connectivity index is 1.80. The van der Waals surface area contributed by atoms with Crippen LogP contribution in [0.5, 0.6) is 0 Å². The molecule has 0 atom stereocenters. The first-order chi connectivity index (χ1) is 8.34. The monoisotopic (exact) mass is 235 g/mol. The lowest BCUT2D eigenvalue weighted by atomic mass is 10.4. The van der Waals surface area contributed by atoms with Crippen LogP contribution in [-0.2, 0) is 4.79 Å². The molecule has 17 heavy (non-hydrogen) atoms. The highest BCUT2D eigenvalue weighted by molar-refractivity contribution is 5.91. The molecule has 1 aromatic heterocycles. The largest absolute Gasteiger partial charge is 0.315 e. The third-order valence-electron chi connectivity index (χ3n) is 2.63. The number of nitrogens with zero attached hydrogens (tertiary/aromatic N) is 3. The van der Waals surface area contributed by atoms with Crippen molar-refractivity contribution in [3.8, 4) is 0 Å².